The third-order valence-electron chi connectivity index (χ3n) is 2.25. The van der Waals surface area contributed by atoms with Gasteiger partial charge in [-0.3, -0.25) is 4.98 Å². The van der Waals surface area contributed by atoms with Crippen molar-refractivity contribution < 1.29 is 0 Å². The molecular formula is C14H23NS2. The van der Waals surface area contributed by atoms with E-state index in [0.29, 0.717) is 4.75 Å². The highest BCUT2D eigenvalue weighted by Crippen LogP contribution is 2.24. The van der Waals surface area contributed by atoms with Crippen molar-refractivity contribution >= 4 is 23.5 Å². The smallest absolute Gasteiger partial charge is 0.0270 e. The van der Waals surface area contributed by atoms with Gasteiger partial charge in [0.25, 0.3) is 0 Å². The summed E-state index contributed by atoms with van der Waals surface area (Å²) in [5.41, 5.74) is 1.40. The molecule has 0 atom stereocenters. The van der Waals surface area contributed by atoms with E-state index in [1.54, 1.807) is 0 Å². The topological polar surface area (TPSA) is 12.9 Å². The third kappa shape index (κ3) is 8.56. The third-order valence-corrected chi connectivity index (χ3v) is 4.68. The van der Waals surface area contributed by atoms with Crippen LogP contribution in [0, 0.1) is 0 Å². The van der Waals surface area contributed by atoms with Crippen LogP contribution in [-0.2, 0) is 6.42 Å². The van der Waals surface area contributed by atoms with Crippen LogP contribution in [0.3, 0.4) is 0 Å². The number of hydrogen-bond acceptors (Lipinski definition) is 3. The van der Waals surface area contributed by atoms with E-state index in [2.05, 4.69) is 61.4 Å². The molecule has 0 saturated heterocycles. The van der Waals surface area contributed by atoms with Gasteiger partial charge in [0.15, 0.2) is 0 Å². The normalized spacial score (nSPS) is 11.7. The number of rotatable bonds is 7. The fraction of sp³-hybridized carbons (Fsp3) is 0.643. The standard InChI is InChI=1S/C14H23NS2/c1-14(2,3)17-11-4-10-16-12-7-13-5-8-15-9-6-13/h5-6,8-9H,4,7,10-12H2,1-3H3. The number of pyridine rings is 1. The molecule has 0 bridgehead atoms. The average molecular weight is 269 g/mol. The van der Waals surface area contributed by atoms with Crippen LogP contribution >= 0.6 is 23.5 Å². The molecule has 17 heavy (non-hydrogen) atoms. The number of hydrogen-bond donors (Lipinski definition) is 0. The second-order valence-corrected chi connectivity index (χ2v) is 8.18. The Labute approximate surface area is 114 Å². The van der Waals surface area contributed by atoms with Gasteiger partial charge < -0.3 is 0 Å². The molecule has 0 radical (unpaired) electrons. The Morgan fingerprint density at radius 1 is 1.06 bits per heavy atom. The molecule has 1 heterocycles. The van der Waals surface area contributed by atoms with Gasteiger partial charge >= 0.3 is 0 Å². The number of aromatic nitrogens is 1. The summed E-state index contributed by atoms with van der Waals surface area (Å²) in [5, 5.41) is 0. The molecule has 0 N–H and O–H groups in total. The van der Waals surface area contributed by atoms with Crippen molar-refractivity contribution in [1.82, 2.24) is 4.98 Å². The molecule has 0 aromatic carbocycles. The molecule has 0 saturated carbocycles. The van der Waals surface area contributed by atoms with E-state index >= 15 is 0 Å². The molecule has 0 fully saturated rings. The molecule has 1 aromatic heterocycles. The maximum absolute atomic E-state index is 4.03. The van der Waals surface area contributed by atoms with E-state index in [-0.39, 0.29) is 0 Å². The predicted octanol–water partition coefficient (Wildman–Crippen LogP) is 4.28. The van der Waals surface area contributed by atoms with Gasteiger partial charge in [-0.2, -0.15) is 23.5 Å². The Morgan fingerprint density at radius 3 is 2.41 bits per heavy atom. The summed E-state index contributed by atoms with van der Waals surface area (Å²) in [6.07, 6.45) is 6.24. The van der Waals surface area contributed by atoms with Crippen LogP contribution < -0.4 is 0 Å². The fourth-order valence-corrected chi connectivity index (χ4v) is 3.40. The first-order valence-electron chi connectivity index (χ1n) is 6.18. The van der Waals surface area contributed by atoms with Gasteiger partial charge in [-0.25, -0.2) is 0 Å². The van der Waals surface area contributed by atoms with Gasteiger partial charge in [0, 0.05) is 17.1 Å². The Bertz CT molecular complexity index is 293. The van der Waals surface area contributed by atoms with Gasteiger partial charge in [-0.05, 0) is 47.8 Å². The van der Waals surface area contributed by atoms with Gasteiger partial charge in [0.1, 0.15) is 0 Å². The van der Waals surface area contributed by atoms with Gasteiger partial charge in [0.05, 0.1) is 0 Å². The predicted molar refractivity (Wildman–Crippen MR) is 82.1 cm³/mol. The quantitative estimate of drug-likeness (QED) is 0.686. The zero-order chi connectivity index (χ0) is 12.6. The monoisotopic (exact) mass is 269 g/mol. The first kappa shape index (κ1) is 14.9. The Hall–Kier alpha value is -0.150. The van der Waals surface area contributed by atoms with E-state index in [9.17, 15) is 0 Å². The summed E-state index contributed by atoms with van der Waals surface area (Å²) in [4.78, 5) is 4.03. The van der Waals surface area contributed by atoms with Gasteiger partial charge in [-0.1, -0.05) is 20.8 Å². The van der Waals surface area contributed by atoms with E-state index in [1.807, 2.05) is 12.4 Å². The number of thioether (sulfide) groups is 2. The molecule has 0 amide bonds. The van der Waals surface area contributed by atoms with Crippen LogP contribution in [-0.4, -0.2) is 27.0 Å². The highest BCUT2D eigenvalue weighted by molar-refractivity contribution is 8.01. The lowest BCUT2D eigenvalue weighted by molar-refractivity contribution is 0.801. The van der Waals surface area contributed by atoms with Crippen molar-refractivity contribution in [1.29, 1.82) is 0 Å². The van der Waals surface area contributed by atoms with Crippen LogP contribution in [0.15, 0.2) is 24.5 Å². The van der Waals surface area contributed by atoms with Crippen molar-refractivity contribution in [3.8, 4) is 0 Å². The summed E-state index contributed by atoms with van der Waals surface area (Å²) >= 11 is 4.13. The van der Waals surface area contributed by atoms with Crippen LogP contribution in [0.1, 0.15) is 32.8 Å². The highest BCUT2D eigenvalue weighted by atomic mass is 32.2. The molecular weight excluding hydrogens is 246 g/mol. The minimum absolute atomic E-state index is 0.418. The summed E-state index contributed by atoms with van der Waals surface area (Å²) in [7, 11) is 0. The van der Waals surface area contributed by atoms with Crippen molar-refractivity contribution in [3.05, 3.63) is 30.1 Å². The van der Waals surface area contributed by atoms with Gasteiger partial charge in [0.2, 0.25) is 0 Å². The van der Waals surface area contributed by atoms with Crippen LogP contribution in [0.2, 0.25) is 0 Å². The largest absolute Gasteiger partial charge is 0.265 e. The second-order valence-electron chi connectivity index (χ2n) is 5.03. The van der Waals surface area contributed by atoms with E-state index < -0.39 is 0 Å². The SMILES string of the molecule is CC(C)(C)SCCCSCCc1ccncc1. The lowest BCUT2D eigenvalue weighted by Gasteiger charge is -2.17. The molecule has 1 nitrogen and oxygen atoms in total. The molecule has 96 valence electrons. The maximum Gasteiger partial charge on any atom is 0.0270 e. The highest BCUT2D eigenvalue weighted by Gasteiger charge is 2.08. The first-order chi connectivity index (χ1) is 8.08. The van der Waals surface area contributed by atoms with Crippen LogP contribution in [0.25, 0.3) is 0 Å². The lowest BCUT2D eigenvalue weighted by atomic mass is 10.2. The molecule has 1 aromatic rings. The van der Waals surface area contributed by atoms with Crippen molar-refractivity contribution in [2.24, 2.45) is 0 Å². The molecule has 1 rings (SSSR count). The summed E-state index contributed by atoms with van der Waals surface area (Å²) < 4.78 is 0.418. The molecule has 3 heteroatoms. The molecule has 0 spiro atoms. The second kappa shape index (κ2) is 8.04. The minimum Gasteiger partial charge on any atom is -0.265 e. The molecule has 0 aliphatic heterocycles. The van der Waals surface area contributed by atoms with Crippen molar-refractivity contribution in [2.75, 3.05) is 17.3 Å². The Kier molecular flexibility index (Phi) is 7.05. The minimum atomic E-state index is 0.418. The van der Waals surface area contributed by atoms with Crippen LogP contribution in [0.5, 0.6) is 0 Å². The average Bonchev–Trinajstić information content (AvgIpc) is 2.28. The van der Waals surface area contributed by atoms with Crippen molar-refractivity contribution in [3.63, 3.8) is 0 Å². The van der Waals surface area contributed by atoms with Gasteiger partial charge in [-0.15, -0.1) is 0 Å². The van der Waals surface area contributed by atoms with Crippen LogP contribution in [0.4, 0.5) is 0 Å². The fourth-order valence-electron chi connectivity index (χ4n) is 1.38. The molecule has 0 aliphatic carbocycles. The summed E-state index contributed by atoms with van der Waals surface area (Å²) in [6, 6.07) is 4.21. The Morgan fingerprint density at radius 2 is 1.76 bits per heavy atom. The van der Waals surface area contributed by atoms with Crippen molar-refractivity contribution in [2.45, 2.75) is 38.4 Å². The van der Waals surface area contributed by atoms with E-state index in [0.717, 1.165) is 0 Å². The van der Waals surface area contributed by atoms with E-state index in [4.69, 9.17) is 0 Å². The number of nitrogens with zero attached hydrogens (tertiary/aromatic N) is 1. The molecule has 0 aliphatic rings. The summed E-state index contributed by atoms with van der Waals surface area (Å²) in [6.45, 7) is 6.86. The maximum atomic E-state index is 4.03. The zero-order valence-electron chi connectivity index (χ0n) is 11.1. The Balaban J connectivity index is 1.95. The first-order valence-corrected chi connectivity index (χ1v) is 8.32. The zero-order valence-corrected chi connectivity index (χ0v) is 12.7. The lowest BCUT2D eigenvalue weighted by Crippen LogP contribution is -2.08. The van der Waals surface area contributed by atoms with E-state index in [1.165, 1.54) is 35.7 Å². The number of aryl methyl sites for hydroxylation is 1. The molecule has 0 unspecified atom stereocenters. The summed E-state index contributed by atoms with van der Waals surface area (Å²) in [5.74, 6) is 3.80.